The smallest absolute Gasteiger partial charge is 0.477 e. The van der Waals surface area contributed by atoms with Crippen molar-refractivity contribution in [3.05, 3.63) is 11.4 Å². The number of carboxylic acids is 1. The molecular formula is C10H15BN2O4. The van der Waals surface area contributed by atoms with E-state index >= 15 is 0 Å². The van der Waals surface area contributed by atoms with Gasteiger partial charge in [0.15, 0.2) is 0 Å². The molecule has 1 N–H and O–H groups in total. The number of hydrogen-bond acceptors (Lipinski definition) is 4. The molecular weight excluding hydrogens is 223 g/mol. The van der Waals surface area contributed by atoms with E-state index in [1.54, 1.807) is 14.0 Å². The molecule has 17 heavy (non-hydrogen) atoms. The maximum Gasteiger partial charge on any atom is 0.498 e. The van der Waals surface area contributed by atoms with Gasteiger partial charge in [-0.25, -0.2) is 4.79 Å². The highest BCUT2D eigenvalue weighted by atomic mass is 16.7. The van der Waals surface area contributed by atoms with Crippen LogP contribution < -0.4 is 5.46 Å². The Labute approximate surface area is 99.7 Å². The predicted octanol–water partition coefficient (Wildman–Crippen LogP) is -0.0527. The fourth-order valence-electron chi connectivity index (χ4n) is 1.99. The number of aryl methyl sites for hydroxylation is 2. The van der Waals surface area contributed by atoms with Crippen molar-refractivity contribution in [3.8, 4) is 0 Å². The van der Waals surface area contributed by atoms with Crippen molar-refractivity contribution < 1.29 is 19.2 Å². The Morgan fingerprint density at radius 3 is 2.71 bits per heavy atom. The van der Waals surface area contributed by atoms with Crippen LogP contribution in [0.15, 0.2) is 0 Å². The first-order chi connectivity index (χ1) is 7.82. The second-order valence-corrected chi connectivity index (χ2v) is 4.80. The summed E-state index contributed by atoms with van der Waals surface area (Å²) in [5.41, 5.74) is 0.839. The van der Waals surface area contributed by atoms with E-state index in [0.29, 0.717) is 17.8 Å². The molecule has 6 nitrogen and oxygen atoms in total. The van der Waals surface area contributed by atoms with Crippen molar-refractivity contribution in [1.29, 1.82) is 0 Å². The van der Waals surface area contributed by atoms with E-state index in [2.05, 4.69) is 5.10 Å². The number of carboxylic acid groups (broad SMARTS) is 1. The van der Waals surface area contributed by atoms with Gasteiger partial charge in [0.05, 0.1) is 17.9 Å². The lowest BCUT2D eigenvalue weighted by Gasteiger charge is -2.15. The van der Waals surface area contributed by atoms with Crippen molar-refractivity contribution in [2.24, 2.45) is 7.05 Å². The topological polar surface area (TPSA) is 73.6 Å². The Bertz CT molecular complexity index is 469. The lowest BCUT2D eigenvalue weighted by atomic mass is 9.77. The lowest BCUT2D eigenvalue weighted by molar-refractivity contribution is 0.0685. The molecule has 92 valence electrons. The van der Waals surface area contributed by atoms with Gasteiger partial charge < -0.3 is 14.4 Å². The molecule has 1 aliphatic rings. The molecule has 0 spiro atoms. The van der Waals surface area contributed by atoms with E-state index in [-0.39, 0.29) is 5.69 Å². The monoisotopic (exact) mass is 238 g/mol. The van der Waals surface area contributed by atoms with Gasteiger partial charge in [-0.05, 0) is 20.8 Å². The largest absolute Gasteiger partial charge is 0.498 e. The van der Waals surface area contributed by atoms with E-state index in [4.69, 9.17) is 9.31 Å². The summed E-state index contributed by atoms with van der Waals surface area (Å²) >= 11 is 0. The van der Waals surface area contributed by atoms with Crippen molar-refractivity contribution in [3.63, 3.8) is 0 Å². The Morgan fingerprint density at radius 2 is 2.24 bits per heavy atom. The molecule has 0 aliphatic carbocycles. The molecule has 1 fully saturated rings. The first-order valence-corrected chi connectivity index (χ1v) is 5.38. The third-order valence-corrected chi connectivity index (χ3v) is 2.72. The van der Waals surface area contributed by atoms with Gasteiger partial charge in [0.25, 0.3) is 0 Å². The first-order valence-electron chi connectivity index (χ1n) is 5.38. The average molecular weight is 238 g/mol. The van der Waals surface area contributed by atoms with Crippen LogP contribution in [0.25, 0.3) is 0 Å². The second-order valence-electron chi connectivity index (χ2n) is 4.80. The highest BCUT2D eigenvalue weighted by Crippen LogP contribution is 2.20. The van der Waals surface area contributed by atoms with Crippen LogP contribution in [0.4, 0.5) is 0 Å². The van der Waals surface area contributed by atoms with Crippen LogP contribution in [0.2, 0.25) is 0 Å². The van der Waals surface area contributed by atoms with Gasteiger partial charge in [-0.15, -0.1) is 0 Å². The summed E-state index contributed by atoms with van der Waals surface area (Å²) in [6.07, 6.45) is 0. The Hall–Kier alpha value is -1.34. The van der Waals surface area contributed by atoms with Crippen molar-refractivity contribution in [2.75, 3.05) is 6.61 Å². The van der Waals surface area contributed by atoms with E-state index in [1.165, 1.54) is 4.68 Å². The normalized spacial score (nSPS) is 18.7. The predicted molar refractivity (Wildman–Crippen MR) is 61.4 cm³/mol. The summed E-state index contributed by atoms with van der Waals surface area (Å²) in [5, 5.41) is 13.3. The molecule has 0 atom stereocenters. The number of aromatic nitrogens is 2. The Balaban J connectivity index is 2.42. The summed E-state index contributed by atoms with van der Waals surface area (Å²) < 4.78 is 12.5. The zero-order chi connectivity index (χ0) is 12.8. The molecule has 0 bridgehead atoms. The van der Waals surface area contributed by atoms with E-state index in [9.17, 15) is 9.90 Å². The average Bonchev–Trinajstić information content (AvgIpc) is 2.66. The molecule has 0 unspecified atom stereocenters. The van der Waals surface area contributed by atoms with Crippen LogP contribution in [0.5, 0.6) is 0 Å². The maximum atomic E-state index is 11.2. The highest BCUT2D eigenvalue weighted by Gasteiger charge is 2.42. The van der Waals surface area contributed by atoms with Gasteiger partial charge in [-0.2, -0.15) is 5.10 Å². The zero-order valence-electron chi connectivity index (χ0n) is 10.4. The van der Waals surface area contributed by atoms with Crippen molar-refractivity contribution >= 4 is 18.6 Å². The summed E-state index contributed by atoms with van der Waals surface area (Å²) in [6, 6.07) is 0. The summed E-state index contributed by atoms with van der Waals surface area (Å²) in [6.45, 7) is 5.99. The van der Waals surface area contributed by atoms with Crippen LogP contribution in [-0.4, -0.2) is 40.2 Å². The quantitative estimate of drug-likeness (QED) is 0.731. The highest BCUT2D eigenvalue weighted by molar-refractivity contribution is 6.63. The Morgan fingerprint density at radius 1 is 1.59 bits per heavy atom. The Kier molecular flexibility index (Phi) is 2.75. The van der Waals surface area contributed by atoms with Gasteiger partial charge in [0.1, 0.15) is 5.69 Å². The molecule has 1 aliphatic heterocycles. The van der Waals surface area contributed by atoms with Gasteiger partial charge >= 0.3 is 13.1 Å². The minimum absolute atomic E-state index is 0.116. The van der Waals surface area contributed by atoms with E-state index in [0.717, 1.165) is 0 Å². The number of aromatic carboxylic acids is 1. The van der Waals surface area contributed by atoms with Gasteiger partial charge in [0.2, 0.25) is 0 Å². The first kappa shape index (κ1) is 12.1. The number of carbonyl (C=O) groups is 1. The zero-order valence-corrected chi connectivity index (χ0v) is 10.4. The molecule has 1 saturated heterocycles. The molecule has 0 saturated carbocycles. The lowest BCUT2D eigenvalue weighted by Crippen LogP contribution is -2.39. The van der Waals surface area contributed by atoms with Crippen molar-refractivity contribution in [2.45, 2.75) is 26.4 Å². The van der Waals surface area contributed by atoms with E-state index in [1.807, 2.05) is 13.8 Å². The van der Waals surface area contributed by atoms with Crippen LogP contribution in [0.1, 0.15) is 30.0 Å². The SMILES string of the molecule is Cc1nn(C)c(C(=O)O)c1B1OCC(C)(C)O1. The third-order valence-electron chi connectivity index (χ3n) is 2.72. The number of nitrogens with zero attached hydrogens (tertiary/aromatic N) is 2. The second kappa shape index (κ2) is 3.85. The molecule has 0 radical (unpaired) electrons. The maximum absolute atomic E-state index is 11.2. The number of rotatable bonds is 2. The van der Waals surface area contributed by atoms with E-state index < -0.39 is 18.7 Å². The van der Waals surface area contributed by atoms with Gasteiger partial charge in [-0.1, -0.05) is 0 Å². The summed E-state index contributed by atoms with van der Waals surface area (Å²) in [7, 11) is 0.949. The van der Waals surface area contributed by atoms with Crippen molar-refractivity contribution in [1.82, 2.24) is 9.78 Å². The molecule has 2 rings (SSSR count). The van der Waals surface area contributed by atoms with Gasteiger partial charge in [-0.3, -0.25) is 4.68 Å². The molecule has 2 heterocycles. The minimum Gasteiger partial charge on any atom is -0.477 e. The standard InChI is InChI=1S/C10H15BN2O4/c1-6-7(8(9(14)15)13(4)12-6)11-16-5-10(2,3)17-11/h5H2,1-4H3,(H,14,15). The third kappa shape index (κ3) is 2.08. The molecule has 0 amide bonds. The fraction of sp³-hybridized carbons (Fsp3) is 0.600. The van der Waals surface area contributed by atoms with Gasteiger partial charge in [0, 0.05) is 12.5 Å². The molecule has 1 aromatic rings. The van der Waals surface area contributed by atoms with Crippen LogP contribution in [0, 0.1) is 6.92 Å². The minimum atomic E-state index is -1.03. The molecule has 0 aromatic carbocycles. The number of hydrogen-bond donors (Lipinski definition) is 1. The molecule has 1 aromatic heterocycles. The molecule has 7 heteroatoms. The summed E-state index contributed by atoms with van der Waals surface area (Å²) in [4.78, 5) is 11.2. The van der Waals surface area contributed by atoms with Crippen LogP contribution in [0.3, 0.4) is 0 Å². The van der Waals surface area contributed by atoms with Crippen LogP contribution in [-0.2, 0) is 16.4 Å². The fourth-order valence-corrected chi connectivity index (χ4v) is 1.99. The van der Waals surface area contributed by atoms with Crippen LogP contribution >= 0.6 is 0 Å². The summed E-state index contributed by atoms with van der Waals surface area (Å²) in [5.74, 6) is -1.03.